The average molecular weight is 315 g/mol. The summed E-state index contributed by atoms with van der Waals surface area (Å²) in [7, 11) is 0. The van der Waals surface area contributed by atoms with Crippen LogP contribution in [0.1, 0.15) is 17.2 Å². The molecule has 2 aliphatic rings. The van der Waals surface area contributed by atoms with Crippen LogP contribution < -0.4 is 10.2 Å². The predicted molar refractivity (Wildman–Crippen MR) is 82.9 cm³/mol. The van der Waals surface area contributed by atoms with E-state index in [1.807, 2.05) is 0 Å². The Kier molecular flexibility index (Phi) is 2.55. The number of benzene rings is 2. The first-order valence-electron chi connectivity index (χ1n) is 6.71. The zero-order valence-corrected chi connectivity index (χ0v) is 12.2. The van der Waals surface area contributed by atoms with Gasteiger partial charge in [-0.15, -0.1) is 0 Å². The molecule has 96 valence electrons. The Bertz CT molecular complexity index is 638. The van der Waals surface area contributed by atoms with E-state index in [9.17, 15) is 0 Å². The van der Waals surface area contributed by atoms with Crippen LogP contribution in [-0.2, 0) is 6.42 Å². The number of nitrogens with one attached hydrogen (secondary N) is 1. The Morgan fingerprint density at radius 1 is 1.16 bits per heavy atom. The maximum absolute atomic E-state index is 3.57. The molecule has 0 saturated carbocycles. The topological polar surface area (TPSA) is 15.3 Å². The van der Waals surface area contributed by atoms with Gasteiger partial charge in [0.05, 0.1) is 17.4 Å². The zero-order chi connectivity index (χ0) is 12.8. The van der Waals surface area contributed by atoms with E-state index in [2.05, 4.69) is 68.6 Å². The summed E-state index contributed by atoms with van der Waals surface area (Å²) in [6.45, 7) is 2.10. The third-order valence-electron chi connectivity index (χ3n) is 4.17. The molecule has 2 nitrogen and oxygen atoms in total. The highest BCUT2D eigenvalue weighted by molar-refractivity contribution is 9.10. The summed E-state index contributed by atoms with van der Waals surface area (Å²) in [4.78, 5) is 2.54. The molecule has 0 fully saturated rings. The van der Waals surface area contributed by atoms with Gasteiger partial charge in [-0.05, 0) is 35.7 Å². The molecule has 19 heavy (non-hydrogen) atoms. The summed E-state index contributed by atoms with van der Waals surface area (Å²) in [5, 5.41) is 3.57. The van der Waals surface area contributed by atoms with Crippen molar-refractivity contribution in [1.29, 1.82) is 0 Å². The fourth-order valence-electron chi connectivity index (χ4n) is 3.27. The fraction of sp³-hybridized carbons (Fsp3) is 0.250. The predicted octanol–water partition coefficient (Wildman–Crippen LogP) is 3.98. The Labute approximate surface area is 121 Å². The number of hydrogen-bond acceptors (Lipinski definition) is 2. The molecule has 1 N–H and O–H groups in total. The second-order valence-electron chi connectivity index (χ2n) is 5.20. The van der Waals surface area contributed by atoms with Crippen LogP contribution in [-0.4, -0.2) is 13.1 Å². The minimum Gasteiger partial charge on any atom is -0.381 e. The van der Waals surface area contributed by atoms with E-state index in [1.165, 1.54) is 22.5 Å². The van der Waals surface area contributed by atoms with Gasteiger partial charge in [0.25, 0.3) is 0 Å². The maximum atomic E-state index is 3.57. The van der Waals surface area contributed by atoms with E-state index in [4.69, 9.17) is 0 Å². The number of rotatable bonds is 0. The normalized spacial score (nSPS) is 20.1. The third-order valence-corrected chi connectivity index (χ3v) is 4.66. The largest absolute Gasteiger partial charge is 0.381 e. The Morgan fingerprint density at radius 2 is 2.05 bits per heavy atom. The molecule has 0 radical (unpaired) electrons. The first-order valence-corrected chi connectivity index (χ1v) is 7.50. The van der Waals surface area contributed by atoms with Crippen molar-refractivity contribution < 1.29 is 0 Å². The molecule has 4 rings (SSSR count). The second-order valence-corrected chi connectivity index (χ2v) is 6.12. The van der Waals surface area contributed by atoms with Crippen LogP contribution in [0.15, 0.2) is 46.9 Å². The van der Waals surface area contributed by atoms with Crippen molar-refractivity contribution in [2.75, 3.05) is 23.3 Å². The highest BCUT2D eigenvalue weighted by atomic mass is 79.9. The van der Waals surface area contributed by atoms with Gasteiger partial charge in [-0.1, -0.05) is 40.2 Å². The monoisotopic (exact) mass is 314 g/mol. The van der Waals surface area contributed by atoms with Crippen LogP contribution in [0.4, 0.5) is 11.4 Å². The lowest BCUT2D eigenvalue weighted by atomic mass is 9.90. The molecule has 0 saturated heterocycles. The molecule has 0 aromatic heterocycles. The van der Waals surface area contributed by atoms with Gasteiger partial charge in [-0.3, -0.25) is 0 Å². The fourth-order valence-corrected chi connectivity index (χ4v) is 3.63. The van der Waals surface area contributed by atoms with Crippen molar-refractivity contribution in [3.8, 4) is 0 Å². The zero-order valence-electron chi connectivity index (χ0n) is 10.6. The van der Waals surface area contributed by atoms with Gasteiger partial charge >= 0.3 is 0 Å². The Balaban J connectivity index is 1.81. The van der Waals surface area contributed by atoms with Crippen LogP contribution in [0.25, 0.3) is 0 Å². The quantitative estimate of drug-likeness (QED) is 0.791. The van der Waals surface area contributed by atoms with Crippen LogP contribution in [0, 0.1) is 0 Å². The van der Waals surface area contributed by atoms with Gasteiger partial charge in [0.1, 0.15) is 0 Å². The molecule has 2 aromatic carbocycles. The average Bonchev–Trinajstić information content (AvgIpc) is 2.46. The summed E-state index contributed by atoms with van der Waals surface area (Å²) in [5.41, 5.74) is 5.56. The van der Waals surface area contributed by atoms with E-state index >= 15 is 0 Å². The minimum absolute atomic E-state index is 0.471. The number of halogens is 1. The summed E-state index contributed by atoms with van der Waals surface area (Å²) in [5.74, 6) is 0. The van der Waals surface area contributed by atoms with E-state index in [1.54, 1.807) is 0 Å². The highest BCUT2D eigenvalue weighted by Gasteiger charge is 2.31. The maximum Gasteiger partial charge on any atom is 0.0718 e. The molecule has 0 bridgehead atoms. The van der Waals surface area contributed by atoms with E-state index in [-0.39, 0.29) is 0 Å². The summed E-state index contributed by atoms with van der Waals surface area (Å²) < 4.78 is 1.13. The van der Waals surface area contributed by atoms with Gasteiger partial charge in [0.2, 0.25) is 0 Å². The summed E-state index contributed by atoms with van der Waals surface area (Å²) >= 11 is 3.55. The molecule has 2 heterocycles. The lowest BCUT2D eigenvalue weighted by Gasteiger charge is -2.43. The van der Waals surface area contributed by atoms with Crippen LogP contribution in [0.5, 0.6) is 0 Å². The standard InChI is InChI=1S/C16H15BrN2/c17-12-5-6-15-14(9-12)18-10-16-13-4-2-1-3-11(13)7-8-19(15)16/h1-6,9,16,18H,7-8,10H2. The first kappa shape index (κ1) is 11.4. The number of hydrogen-bond donors (Lipinski definition) is 1. The molecule has 0 spiro atoms. The van der Waals surface area contributed by atoms with E-state index < -0.39 is 0 Å². The van der Waals surface area contributed by atoms with Crippen molar-refractivity contribution >= 4 is 27.3 Å². The molecular weight excluding hydrogens is 300 g/mol. The van der Waals surface area contributed by atoms with Crippen molar-refractivity contribution in [2.45, 2.75) is 12.5 Å². The van der Waals surface area contributed by atoms with Gasteiger partial charge in [0, 0.05) is 17.6 Å². The molecule has 2 aromatic rings. The van der Waals surface area contributed by atoms with Gasteiger partial charge < -0.3 is 10.2 Å². The number of anilines is 2. The molecule has 0 aliphatic carbocycles. The van der Waals surface area contributed by atoms with Gasteiger partial charge in [-0.25, -0.2) is 0 Å². The second kappa shape index (κ2) is 4.27. The highest BCUT2D eigenvalue weighted by Crippen LogP contribution is 2.41. The molecule has 3 heteroatoms. The molecular formula is C16H15BrN2. The first-order chi connectivity index (χ1) is 9.33. The number of nitrogens with zero attached hydrogens (tertiary/aromatic N) is 1. The molecule has 1 unspecified atom stereocenters. The Morgan fingerprint density at radius 3 is 3.00 bits per heavy atom. The van der Waals surface area contributed by atoms with E-state index in [0.717, 1.165) is 24.0 Å². The lowest BCUT2D eigenvalue weighted by molar-refractivity contribution is 0.591. The Hall–Kier alpha value is -1.48. The van der Waals surface area contributed by atoms with Crippen molar-refractivity contribution in [1.82, 2.24) is 0 Å². The molecule has 1 atom stereocenters. The molecule has 2 aliphatic heterocycles. The smallest absolute Gasteiger partial charge is 0.0718 e. The van der Waals surface area contributed by atoms with Crippen LogP contribution in [0.2, 0.25) is 0 Å². The van der Waals surface area contributed by atoms with Crippen molar-refractivity contribution in [2.24, 2.45) is 0 Å². The SMILES string of the molecule is Brc1ccc2c(c1)NCC1c3ccccc3CCN21. The summed E-state index contributed by atoms with van der Waals surface area (Å²) in [6, 6.07) is 15.8. The van der Waals surface area contributed by atoms with Crippen molar-refractivity contribution in [3.63, 3.8) is 0 Å². The van der Waals surface area contributed by atoms with Gasteiger partial charge in [-0.2, -0.15) is 0 Å². The van der Waals surface area contributed by atoms with Crippen LogP contribution >= 0.6 is 15.9 Å². The third kappa shape index (κ3) is 1.76. The van der Waals surface area contributed by atoms with Crippen LogP contribution in [0.3, 0.4) is 0 Å². The summed E-state index contributed by atoms with van der Waals surface area (Å²) in [6.07, 6.45) is 1.14. The number of fused-ring (bicyclic) bond motifs is 5. The molecule has 0 amide bonds. The van der Waals surface area contributed by atoms with E-state index in [0.29, 0.717) is 6.04 Å². The lowest BCUT2D eigenvalue weighted by Crippen LogP contribution is -2.42. The van der Waals surface area contributed by atoms with Crippen molar-refractivity contribution in [3.05, 3.63) is 58.1 Å². The van der Waals surface area contributed by atoms with Gasteiger partial charge in [0.15, 0.2) is 0 Å². The minimum atomic E-state index is 0.471.